The summed E-state index contributed by atoms with van der Waals surface area (Å²) >= 11 is 6.37. The van der Waals surface area contributed by atoms with Crippen LogP contribution in [0.15, 0.2) is 21.1 Å². The van der Waals surface area contributed by atoms with E-state index in [1.165, 1.54) is 12.1 Å². The minimum Gasteiger partial charge on any atom is -0.490 e. The molecule has 10 heteroatoms. The van der Waals surface area contributed by atoms with Crippen LogP contribution in [0, 0.1) is 10.1 Å². The molecule has 1 N–H and O–H groups in total. The van der Waals surface area contributed by atoms with Gasteiger partial charge in [0.25, 0.3) is 11.6 Å². The van der Waals surface area contributed by atoms with Gasteiger partial charge in [0.05, 0.1) is 13.9 Å². The van der Waals surface area contributed by atoms with Gasteiger partial charge in [-0.25, -0.2) is 8.78 Å². The number of nitro benzene ring substituents is 1. The predicted octanol–water partition coefficient (Wildman–Crippen LogP) is 4.31. The first-order chi connectivity index (χ1) is 9.78. The molecule has 0 spiro atoms. The van der Waals surface area contributed by atoms with Gasteiger partial charge in [-0.3, -0.25) is 10.1 Å². The van der Waals surface area contributed by atoms with E-state index in [1.807, 2.05) is 0 Å². The van der Waals surface area contributed by atoms with E-state index in [9.17, 15) is 18.9 Å². The van der Waals surface area contributed by atoms with Crippen LogP contribution in [0.4, 0.5) is 14.5 Å². The van der Waals surface area contributed by atoms with Gasteiger partial charge in [0.2, 0.25) is 0 Å². The number of piperidine rings is 1. The Morgan fingerprint density at radius 3 is 2.50 bits per heavy atom. The first kappa shape index (κ1) is 19.5. The van der Waals surface area contributed by atoms with Crippen molar-refractivity contribution in [3.8, 4) is 5.75 Å². The number of nitrogens with one attached hydrogen (secondary N) is 1. The fraction of sp³-hybridized carbons (Fsp3) is 0.500. The van der Waals surface area contributed by atoms with Crippen LogP contribution in [-0.4, -0.2) is 30.0 Å². The first-order valence-corrected chi connectivity index (χ1v) is 7.74. The highest BCUT2D eigenvalue weighted by molar-refractivity contribution is 9.11. The summed E-state index contributed by atoms with van der Waals surface area (Å²) in [4.78, 5) is 10.2. The predicted molar refractivity (Wildman–Crippen MR) is 87.2 cm³/mol. The lowest BCUT2D eigenvalue weighted by Crippen LogP contribution is -2.46. The molecule has 22 heavy (non-hydrogen) atoms. The van der Waals surface area contributed by atoms with Crippen LogP contribution in [0.5, 0.6) is 5.75 Å². The Balaban J connectivity index is 0.00000242. The molecule has 124 valence electrons. The quantitative estimate of drug-likeness (QED) is 0.531. The summed E-state index contributed by atoms with van der Waals surface area (Å²) < 4.78 is 32.9. The number of hydrogen-bond acceptors (Lipinski definition) is 4. The van der Waals surface area contributed by atoms with Crippen LogP contribution in [0.2, 0.25) is 0 Å². The average Bonchev–Trinajstić information content (AvgIpc) is 2.36. The zero-order valence-corrected chi connectivity index (χ0v) is 15.1. The number of ether oxygens (including phenoxy) is 1. The fourth-order valence-electron chi connectivity index (χ4n) is 2.09. The molecule has 1 saturated heterocycles. The highest BCUT2D eigenvalue weighted by atomic mass is 79.9. The monoisotopic (exact) mass is 464 g/mol. The van der Waals surface area contributed by atoms with Crippen molar-refractivity contribution in [1.29, 1.82) is 0 Å². The van der Waals surface area contributed by atoms with E-state index >= 15 is 0 Å². The Morgan fingerprint density at radius 2 is 2.00 bits per heavy atom. The summed E-state index contributed by atoms with van der Waals surface area (Å²) in [6.45, 7) is 0.300. The second-order valence-corrected chi connectivity index (χ2v) is 6.48. The SMILES string of the molecule is Cl.O=[N+]([O-])c1cc(Br)c(OCC2CC(F)(F)CCN2)c(Br)c1. The van der Waals surface area contributed by atoms with Crippen LogP contribution in [0.25, 0.3) is 0 Å². The van der Waals surface area contributed by atoms with Crippen LogP contribution in [0.1, 0.15) is 12.8 Å². The lowest BCUT2D eigenvalue weighted by Gasteiger charge is -2.30. The molecule has 1 aromatic carbocycles. The minimum absolute atomic E-state index is 0. The molecule has 1 fully saturated rings. The summed E-state index contributed by atoms with van der Waals surface area (Å²) in [5.74, 6) is -2.32. The molecule has 1 aromatic rings. The summed E-state index contributed by atoms with van der Waals surface area (Å²) in [5.41, 5.74) is -0.0941. The van der Waals surface area contributed by atoms with E-state index in [0.29, 0.717) is 14.7 Å². The Morgan fingerprint density at radius 1 is 1.41 bits per heavy atom. The van der Waals surface area contributed by atoms with Crippen molar-refractivity contribution in [3.05, 3.63) is 31.2 Å². The van der Waals surface area contributed by atoms with Gasteiger partial charge in [-0.15, -0.1) is 12.4 Å². The van der Waals surface area contributed by atoms with Crippen molar-refractivity contribution in [1.82, 2.24) is 5.32 Å². The molecule has 0 bridgehead atoms. The number of alkyl halides is 2. The average molecular weight is 467 g/mol. The molecule has 1 heterocycles. The Hall–Kier alpha value is -0.510. The number of non-ortho nitro benzene ring substituents is 1. The molecule has 0 radical (unpaired) electrons. The number of nitrogens with zero attached hydrogens (tertiary/aromatic N) is 1. The Bertz CT molecular complexity index is 540. The summed E-state index contributed by atoms with van der Waals surface area (Å²) in [6, 6.07) is 2.16. The van der Waals surface area contributed by atoms with Gasteiger partial charge in [-0.1, -0.05) is 0 Å². The molecule has 0 aromatic heterocycles. The van der Waals surface area contributed by atoms with Gasteiger partial charge in [-0.05, 0) is 31.9 Å². The zero-order chi connectivity index (χ0) is 15.6. The third kappa shape index (κ3) is 5.00. The molecule has 0 aliphatic carbocycles. The van der Waals surface area contributed by atoms with Crippen LogP contribution in [-0.2, 0) is 0 Å². The van der Waals surface area contributed by atoms with Crippen LogP contribution in [0.3, 0.4) is 0 Å². The van der Waals surface area contributed by atoms with Crippen molar-refractivity contribution in [2.45, 2.75) is 24.8 Å². The normalized spacial score (nSPS) is 20.1. The molecule has 0 saturated carbocycles. The van der Waals surface area contributed by atoms with Gasteiger partial charge >= 0.3 is 0 Å². The molecule has 0 amide bonds. The Kier molecular flexibility index (Phi) is 6.97. The third-order valence-electron chi connectivity index (χ3n) is 3.09. The largest absolute Gasteiger partial charge is 0.490 e. The number of benzene rings is 1. The van der Waals surface area contributed by atoms with Crippen molar-refractivity contribution in [3.63, 3.8) is 0 Å². The smallest absolute Gasteiger partial charge is 0.271 e. The lowest BCUT2D eigenvalue weighted by molar-refractivity contribution is -0.385. The molecule has 1 atom stereocenters. The Labute approximate surface area is 148 Å². The molecular weight excluding hydrogens is 453 g/mol. The number of rotatable bonds is 4. The van der Waals surface area contributed by atoms with E-state index in [0.717, 1.165) is 0 Å². The van der Waals surface area contributed by atoms with Crippen molar-refractivity contribution in [2.75, 3.05) is 13.2 Å². The molecule has 1 aliphatic heterocycles. The maximum atomic E-state index is 13.3. The highest BCUT2D eigenvalue weighted by Crippen LogP contribution is 2.37. The van der Waals surface area contributed by atoms with Crippen molar-refractivity contribution in [2.24, 2.45) is 0 Å². The van der Waals surface area contributed by atoms with E-state index in [1.54, 1.807) is 0 Å². The van der Waals surface area contributed by atoms with Crippen LogP contribution >= 0.6 is 44.3 Å². The van der Waals surface area contributed by atoms with E-state index < -0.39 is 16.9 Å². The number of hydrogen-bond donors (Lipinski definition) is 1. The first-order valence-electron chi connectivity index (χ1n) is 6.16. The second-order valence-electron chi connectivity index (χ2n) is 4.77. The topological polar surface area (TPSA) is 64.4 Å². The van der Waals surface area contributed by atoms with E-state index in [4.69, 9.17) is 4.74 Å². The molecule has 2 rings (SSSR count). The lowest BCUT2D eigenvalue weighted by atomic mass is 10.0. The minimum atomic E-state index is -2.68. The number of nitro groups is 1. The molecule has 1 unspecified atom stereocenters. The van der Waals surface area contributed by atoms with Gasteiger partial charge in [0.1, 0.15) is 12.4 Å². The summed E-state index contributed by atoms with van der Waals surface area (Å²) in [6.07, 6.45) is -0.455. The van der Waals surface area contributed by atoms with Crippen molar-refractivity contribution < 1.29 is 18.4 Å². The second kappa shape index (κ2) is 7.85. The van der Waals surface area contributed by atoms with E-state index in [-0.39, 0.29) is 44.1 Å². The van der Waals surface area contributed by atoms with Gasteiger partial charge < -0.3 is 10.1 Å². The van der Waals surface area contributed by atoms with E-state index in [2.05, 4.69) is 37.2 Å². The molecular formula is C12H13Br2ClF2N2O3. The zero-order valence-electron chi connectivity index (χ0n) is 11.2. The third-order valence-corrected chi connectivity index (χ3v) is 4.27. The van der Waals surface area contributed by atoms with Crippen LogP contribution < -0.4 is 10.1 Å². The maximum Gasteiger partial charge on any atom is 0.271 e. The molecule has 5 nitrogen and oxygen atoms in total. The number of halogens is 5. The summed E-state index contributed by atoms with van der Waals surface area (Å²) in [5, 5.41) is 13.7. The maximum absolute atomic E-state index is 13.3. The highest BCUT2D eigenvalue weighted by Gasteiger charge is 2.36. The van der Waals surface area contributed by atoms with Gasteiger partial charge in [-0.2, -0.15) is 0 Å². The standard InChI is InChI=1S/C12H12Br2F2N2O3.ClH/c13-9-3-8(18(19)20)4-10(14)11(9)21-6-7-5-12(15,16)1-2-17-7;/h3-4,7,17H,1-2,5-6H2;1H. The fourth-order valence-corrected chi connectivity index (χ4v) is 3.48. The van der Waals surface area contributed by atoms with Crippen molar-refractivity contribution >= 4 is 50.0 Å². The molecule has 1 aliphatic rings. The summed E-state index contributed by atoms with van der Waals surface area (Å²) in [7, 11) is 0. The van der Waals surface area contributed by atoms with Gasteiger partial charge in [0, 0.05) is 37.6 Å². The van der Waals surface area contributed by atoms with Gasteiger partial charge in [0.15, 0.2) is 0 Å².